The number of carbonyl (C=O) groups is 2. The van der Waals surface area contributed by atoms with Crippen LogP contribution >= 0.6 is 0 Å². The first-order chi connectivity index (χ1) is 19.9. The quantitative estimate of drug-likeness (QED) is 0.343. The molecule has 2 aromatic heterocycles. The summed E-state index contributed by atoms with van der Waals surface area (Å²) in [4.78, 5) is 38.7. The summed E-state index contributed by atoms with van der Waals surface area (Å²) in [5.41, 5.74) is 6.06. The Balaban J connectivity index is 1.14. The number of anilines is 5. The standard InChI is InChI=1S/C30H32N8O3/c1-19-17-31-30-33-23-5-3-4-21(15-23)6-7-22-16-24(32-28(19)35-30)8-9-25(22)34-27(39)18-37-10-12-38(13-11-37)29(40)26-14-20(2)41-36-26/h3-5,8-9,14-17H,6-7,10-13,18H2,1-2H3,(H,34,39)(H2,31,32,33,35). The minimum Gasteiger partial charge on any atom is -0.361 e. The van der Waals surface area contributed by atoms with Crippen LogP contribution in [0, 0.1) is 13.8 Å². The number of nitrogens with one attached hydrogen (secondary N) is 3. The summed E-state index contributed by atoms with van der Waals surface area (Å²) in [6, 6.07) is 15.8. The third-order valence-corrected chi connectivity index (χ3v) is 7.35. The molecule has 0 atom stereocenters. The van der Waals surface area contributed by atoms with Crippen LogP contribution in [0.3, 0.4) is 0 Å². The van der Waals surface area contributed by atoms with Gasteiger partial charge in [-0.3, -0.25) is 14.5 Å². The molecule has 2 aliphatic rings. The Bertz CT molecular complexity index is 1590. The lowest BCUT2D eigenvalue weighted by Gasteiger charge is -2.33. The van der Waals surface area contributed by atoms with Gasteiger partial charge in [0.1, 0.15) is 11.6 Å². The van der Waals surface area contributed by atoms with Crippen LogP contribution in [-0.2, 0) is 17.6 Å². The molecule has 0 radical (unpaired) electrons. The van der Waals surface area contributed by atoms with Crippen molar-refractivity contribution in [2.24, 2.45) is 0 Å². The zero-order valence-corrected chi connectivity index (χ0v) is 23.1. The topological polar surface area (TPSA) is 129 Å². The number of rotatable bonds is 4. The molecule has 2 aromatic carbocycles. The monoisotopic (exact) mass is 552 g/mol. The molecule has 6 rings (SSSR count). The normalized spacial score (nSPS) is 15.0. The Labute approximate surface area is 238 Å². The highest BCUT2D eigenvalue weighted by molar-refractivity contribution is 5.94. The second-order valence-corrected chi connectivity index (χ2v) is 10.5. The summed E-state index contributed by atoms with van der Waals surface area (Å²) in [6.45, 7) is 6.25. The van der Waals surface area contributed by atoms with Crippen LogP contribution in [0.1, 0.15) is 32.9 Å². The molecular weight excluding hydrogens is 520 g/mol. The average Bonchev–Trinajstić information content (AvgIpc) is 3.41. The molecule has 0 saturated carbocycles. The fourth-order valence-corrected chi connectivity index (χ4v) is 5.11. The summed E-state index contributed by atoms with van der Waals surface area (Å²) < 4.78 is 5.04. The molecule has 1 fully saturated rings. The zero-order chi connectivity index (χ0) is 28.3. The lowest BCUT2D eigenvalue weighted by molar-refractivity contribution is -0.117. The summed E-state index contributed by atoms with van der Waals surface area (Å²) in [5, 5.41) is 13.7. The van der Waals surface area contributed by atoms with Crippen molar-refractivity contribution in [3.8, 4) is 0 Å². The highest BCUT2D eigenvalue weighted by Gasteiger charge is 2.25. The van der Waals surface area contributed by atoms with E-state index in [9.17, 15) is 9.59 Å². The van der Waals surface area contributed by atoms with Gasteiger partial charge in [-0.25, -0.2) is 4.98 Å². The summed E-state index contributed by atoms with van der Waals surface area (Å²) in [5.74, 6) is 1.62. The second-order valence-electron chi connectivity index (χ2n) is 10.5. The smallest absolute Gasteiger partial charge is 0.276 e. The molecule has 3 N–H and O–H groups in total. The van der Waals surface area contributed by atoms with E-state index in [4.69, 9.17) is 4.52 Å². The van der Waals surface area contributed by atoms with Crippen molar-refractivity contribution in [3.63, 3.8) is 0 Å². The van der Waals surface area contributed by atoms with Gasteiger partial charge in [-0.05, 0) is 68.1 Å². The summed E-state index contributed by atoms with van der Waals surface area (Å²) in [7, 11) is 0. The van der Waals surface area contributed by atoms with Crippen molar-refractivity contribution in [3.05, 3.63) is 82.9 Å². The third kappa shape index (κ3) is 6.20. The molecule has 6 bridgehead atoms. The highest BCUT2D eigenvalue weighted by Crippen LogP contribution is 2.28. The number of aryl methyl sites for hydroxylation is 4. The van der Waals surface area contributed by atoms with Crippen molar-refractivity contribution in [2.75, 3.05) is 48.7 Å². The Kier molecular flexibility index (Phi) is 7.34. The molecule has 0 aliphatic carbocycles. The number of aromatic nitrogens is 3. The van der Waals surface area contributed by atoms with Gasteiger partial charge < -0.3 is 25.4 Å². The van der Waals surface area contributed by atoms with E-state index in [2.05, 4.69) is 54.2 Å². The molecule has 1 saturated heterocycles. The third-order valence-electron chi connectivity index (χ3n) is 7.35. The lowest BCUT2D eigenvalue weighted by atomic mass is 10.0. The maximum Gasteiger partial charge on any atom is 0.276 e. The number of carbonyl (C=O) groups excluding carboxylic acids is 2. The van der Waals surface area contributed by atoms with Crippen molar-refractivity contribution >= 4 is 40.6 Å². The molecule has 2 aliphatic heterocycles. The maximum absolute atomic E-state index is 13.1. The lowest BCUT2D eigenvalue weighted by Crippen LogP contribution is -2.50. The van der Waals surface area contributed by atoms with Crippen molar-refractivity contribution in [1.82, 2.24) is 24.9 Å². The van der Waals surface area contributed by atoms with Gasteiger partial charge >= 0.3 is 0 Å². The molecule has 41 heavy (non-hydrogen) atoms. The van der Waals surface area contributed by atoms with Crippen LogP contribution < -0.4 is 16.0 Å². The first-order valence-corrected chi connectivity index (χ1v) is 13.7. The Hall–Kier alpha value is -4.77. The molecule has 2 amide bonds. The van der Waals surface area contributed by atoms with Crippen molar-refractivity contribution in [1.29, 1.82) is 0 Å². The fourth-order valence-electron chi connectivity index (χ4n) is 5.11. The van der Waals surface area contributed by atoms with Gasteiger partial charge in [0, 0.05) is 61.1 Å². The van der Waals surface area contributed by atoms with Gasteiger partial charge in [0.25, 0.3) is 5.91 Å². The summed E-state index contributed by atoms with van der Waals surface area (Å²) >= 11 is 0. The number of nitrogens with zero attached hydrogens (tertiary/aromatic N) is 5. The van der Waals surface area contributed by atoms with Crippen molar-refractivity contribution in [2.45, 2.75) is 26.7 Å². The predicted molar refractivity (Wildman–Crippen MR) is 156 cm³/mol. The van der Waals surface area contributed by atoms with Gasteiger partial charge in [-0.1, -0.05) is 17.3 Å². The minimum atomic E-state index is -0.144. The number of piperazine rings is 1. The molecular formula is C30H32N8O3. The van der Waals surface area contributed by atoms with Crippen LogP contribution in [0.4, 0.5) is 28.8 Å². The van der Waals surface area contributed by atoms with Crippen LogP contribution in [0.5, 0.6) is 0 Å². The molecule has 4 aromatic rings. The molecule has 11 heteroatoms. The Morgan fingerprint density at radius 2 is 1.80 bits per heavy atom. The van der Waals surface area contributed by atoms with E-state index in [-0.39, 0.29) is 18.4 Å². The predicted octanol–water partition coefficient (Wildman–Crippen LogP) is 4.06. The Morgan fingerprint density at radius 1 is 0.976 bits per heavy atom. The molecule has 210 valence electrons. The van der Waals surface area contributed by atoms with Crippen LogP contribution in [0.15, 0.2) is 59.3 Å². The van der Waals surface area contributed by atoms with E-state index in [1.165, 1.54) is 5.56 Å². The second kappa shape index (κ2) is 11.4. The number of amides is 2. The van der Waals surface area contributed by atoms with Crippen LogP contribution in [0.25, 0.3) is 0 Å². The number of benzene rings is 2. The zero-order valence-electron chi connectivity index (χ0n) is 23.1. The van der Waals surface area contributed by atoms with E-state index in [0.717, 1.165) is 46.8 Å². The van der Waals surface area contributed by atoms with Crippen LogP contribution in [-0.4, -0.2) is 69.5 Å². The molecule has 0 spiro atoms. The van der Waals surface area contributed by atoms with Gasteiger partial charge in [0.15, 0.2) is 5.69 Å². The minimum absolute atomic E-state index is 0.0840. The van der Waals surface area contributed by atoms with Gasteiger partial charge in [0.05, 0.1) is 6.54 Å². The Morgan fingerprint density at radius 3 is 2.61 bits per heavy atom. The first-order valence-electron chi connectivity index (χ1n) is 13.7. The van der Waals surface area contributed by atoms with Gasteiger partial charge in [0.2, 0.25) is 11.9 Å². The van der Waals surface area contributed by atoms with E-state index in [1.54, 1.807) is 24.1 Å². The van der Waals surface area contributed by atoms with E-state index >= 15 is 0 Å². The fraction of sp³-hybridized carbons (Fsp3) is 0.300. The largest absolute Gasteiger partial charge is 0.361 e. The molecule has 4 heterocycles. The molecule has 11 nitrogen and oxygen atoms in total. The van der Waals surface area contributed by atoms with Gasteiger partial charge in [-0.15, -0.1) is 0 Å². The number of hydrogen-bond acceptors (Lipinski definition) is 9. The van der Waals surface area contributed by atoms with E-state index < -0.39 is 0 Å². The molecule has 0 unspecified atom stereocenters. The first kappa shape index (κ1) is 26.5. The van der Waals surface area contributed by atoms with Gasteiger partial charge in [-0.2, -0.15) is 4.98 Å². The van der Waals surface area contributed by atoms with E-state index in [1.807, 2.05) is 31.2 Å². The summed E-state index contributed by atoms with van der Waals surface area (Å²) in [6.07, 6.45) is 3.35. The van der Waals surface area contributed by atoms with Crippen LogP contribution in [0.2, 0.25) is 0 Å². The average molecular weight is 553 g/mol. The SMILES string of the molecule is Cc1cc(C(=O)N2CCN(CC(=O)Nc3ccc4cc3CCc3cccc(c3)Nc3ncc(C)c(n3)N4)CC2)no1. The number of fused-ring (bicyclic) bond motifs is 6. The number of hydrogen-bond donors (Lipinski definition) is 3. The highest BCUT2D eigenvalue weighted by atomic mass is 16.5. The van der Waals surface area contributed by atoms with Crippen molar-refractivity contribution < 1.29 is 14.1 Å². The van der Waals surface area contributed by atoms with E-state index in [0.29, 0.717) is 43.6 Å². The maximum atomic E-state index is 13.1.